The molecule has 0 bridgehead atoms. The zero-order valence-electron chi connectivity index (χ0n) is 17.1. The monoisotopic (exact) mass is 418 g/mol. The summed E-state index contributed by atoms with van der Waals surface area (Å²) in [5.41, 5.74) is 8.32. The van der Waals surface area contributed by atoms with E-state index in [1.54, 1.807) is 12.1 Å². The van der Waals surface area contributed by atoms with Gasteiger partial charge in [-0.2, -0.15) is 15.0 Å². The highest BCUT2D eigenvalue weighted by molar-refractivity contribution is 5.97. The molecule has 0 saturated carbocycles. The number of hydrogen-bond acceptors (Lipinski definition) is 8. The second kappa shape index (κ2) is 9.97. The minimum absolute atomic E-state index is 0.000938. The fourth-order valence-electron chi connectivity index (χ4n) is 2.65. The number of aryl methyl sites for hydroxylation is 1. The Morgan fingerprint density at radius 2 is 1.74 bits per heavy atom. The molecule has 0 atom stereocenters. The molecular weight excluding hydrogens is 396 g/mol. The van der Waals surface area contributed by atoms with Crippen molar-refractivity contribution in [3.63, 3.8) is 0 Å². The molecule has 0 aliphatic rings. The van der Waals surface area contributed by atoms with Crippen molar-refractivity contribution in [3.05, 3.63) is 77.2 Å². The number of para-hydroxylation sites is 1. The number of nitrogens with zero attached hydrogens (tertiary/aromatic N) is 3. The van der Waals surface area contributed by atoms with Gasteiger partial charge in [0.2, 0.25) is 17.8 Å². The molecule has 0 radical (unpaired) electrons. The van der Waals surface area contributed by atoms with Gasteiger partial charge in [0.1, 0.15) is 5.70 Å². The number of nitrogen functional groups attached to an aromatic ring is 1. The third kappa shape index (κ3) is 6.36. The minimum atomic E-state index is -0.730. The predicted molar refractivity (Wildman–Crippen MR) is 117 cm³/mol. The van der Waals surface area contributed by atoms with Crippen molar-refractivity contribution in [2.75, 3.05) is 11.1 Å². The number of amides is 1. The number of benzene rings is 2. The van der Waals surface area contributed by atoms with Crippen LogP contribution in [0.4, 0.5) is 17.6 Å². The van der Waals surface area contributed by atoms with Gasteiger partial charge in [-0.15, -0.1) is 0 Å². The lowest BCUT2D eigenvalue weighted by Gasteiger charge is -2.11. The summed E-state index contributed by atoms with van der Waals surface area (Å²) in [6.45, 7) is 3.00. The number of esters is 1. The highest BCUT2D eigenvalue weighted by atomic mass is 16.5. The standard InChI is InChI=1S/C22H22N6O3/c1-14-8-6-7-11-17(14)25-22-27-19(26-21(23)28-22)13-31-20(30)18(24-15(2)29)12-16-9-4-3-5-10-16/h3-12H,13H2,1-2H3,(H,24,29)(H3,23,25,26,27,28)/b18-12-. The molecule has 0 fully saturated rings. The lowest BCUT2D eigenvalue weighted by Crippen LogP contribution is -2.26. The largest absolute Gasteiger partial charge is 0.453 e. The van der Waals surface area contributed by atoms with Crippen LogP contribution in [0.2, 0.25) is 0 Å². The summed E-state index contributed by atoms with van der Waals surface area (Å²) in [5, 5.41) is 5.56. The average Bonchev–Trinajstić information content (AvgIpc) is 2.73. The van der Waals surface area contributed by atoms with Crippen molar-refractivity contribution in [2.24, 2.45) is 0 Å². The van der Waals surface area contributed by atoms with Gasteiger partial charge in [0.15, 0.2) is 12.4 Å². The van der Waals surface area contributed by atoms with Gasteiger partial charge in [0.25, 0.3) is 0 Å². The minimum Gasteiger partial charge on any atom is -0.453 e. The predicted octanol–water partition coefficient (Wildman–Crippen LogP) is 2.73. The molecule has 1 heterocycles. The van der Waals surface area contributed by atoms with E-state index in [-0.39, 0.29) is 30.0 Å². The maximum Gasteiger partial charge on any atom is 0.355 e. The lowest BCUT2D eigenvalue weighted by molar-refractivity contribution is -0.141. The first-order valence-corrected chi connectivity index (χ1v) is 9.45. The van der Waals surface area contributed by atoms with E-state index in [0.717, 1.165) is 16.8 Å². The van der Waals surface area contributed by atoms with Gasteiger partial charge in [-0.3, -0.25) is 4.79 Å². The first-order chi connectivity index (χ1) is 14.9. The Kier molecular flexibility index (Phi) is 6.89. The van der Waals surface area contributed by atoms with Crippen molar-refractivity contribution in [2.45, 2.75) is 20.5 Å². The maximum absolute atomic E-state index is 12.5. The Morgan fingerprint density at radius 1 is 1.03 bits per heavy atom. The van der Waals surface area contributed by atoms with Crippen LogP contribution in [0.1, 0.15) is 23.9 Å². The van der Waals surface area contributed by atoms with Gasteiger partial charge in [-0.05, 0) is 30.2 Å². The van der Waals surface area contributed by atoms with E-state index in [1.165, 1.54) is 13.0 Å². The van der Waals surface area contributed by atoms with Crippen LogP contribution >= 0.6 is 0 Å². The zero-order chi connectivity index (χ0) is 22.2. The third-order valence-electron chi connectivity index (χ3n) is 4.06. The second-order valence-electron chi connectivity index (χ2n) is 6.60. The lowest BCUT2D eigenvalue weighted by atomic mass is 10.2. The molecule has 158 valence electrons. The van der Waals surface area contributed by atoms with Crippen molar-refractivity contribution < 1.29 is 14.3 Å². The molecular formula is C22H22N6O3. The summed E-state index contributed by atoms with van der Waals surface area (Å²) < 4.78 is 5.29. The van der Waals surface area contributed by atoms with E-state index in [2.05, 4.69) is 25.6 Å². The highest BCUT2D eigenvalue weighted by Gasteiger charge is 2.15. The first kappa shape index (κ1) is 21.4. The molecule has 9 heteroatoms. The number of carbonyl (C=O) groups excluding carboxylic acids is 2. The molecule has 0 saturated heterocycles. The normalized spacial score (nSPS) is 11.0. The zero-order valence-corrected chi connectivity index (χ0v) is 17.1. The van der Waals surface area contributed by atoms with Crippen molar-refractivity contribution >= 4 is 35.5 Å². The number of anilines is 3. The first-order valence-electron chi connectivity index (χ1n) is 9.45. The van der Waals surface area contributed by atoms with E-state index in [0.29, 0.717) is 0 Å². The Balaban J connectivity index is 1.73. The quantitative estimate of drug-likeness (QED) is 0.394. The third-order valence-corrected chi connectivity index (χ3v) is 4.06. The van der Waals surface area contributed by atoms with E-state index >= 15 is 0 Å². The average molecular weight is 418 g/mol. The van der Waals surface area contributed by atoms with Crippen LogP contribution in [0, 0.1) is 6.92 Å². The molecule has 9 nitrogen and oxygen atoms in total. The molecule has 3 aromatic rings. The summed E-state index contributed by atoms with van der Waals surface area (Å²) in [6.07, 6.45) is 1.52. The molecule has 0 aliphatic carbocycles. The highest BCUT2D eigenvalue weighted by Crippen LogP contribution is 2.18. The van der Waals surface area contributed by atoms with Gasteiger partial charge < -0.3 is 21.1 Å². The Hall–Kier alpha value is -4.27. The maximum atomic E-state index is 12.5. The van der Waals surface area contributed by atoms with E-state index in [1.807, 2.05) is 49.4 Å². The molecule has 0 unspecified atom stereocenters. The number of aromatic nitrogens is 3. The van der Waals surface area contributed by atoms with E-state index < -0.39 is 11.9 Å². The fraction of sp³-hybridized carbons (Fsp3) is 0.136. The summed E-state index contributed by atoms with van der Waals surface area (Å²) in [4.78, 5) is 36.4. The molecule has 1 aromatic heterocycles. The van der Waals surface area contributed by atoms with Crippen molar-refractivity contribution in [1.29, 1.82) is 0 Å². The van der Waals surface area contributed by atoms with Crippen LogP contribution in [0.25, 0.3) is 6.08 Å². The van der Waals surface area contributed by atoms with Crippen molar-refractivity contribution in [1.82, 2.24) is 20.3 Å². The summed E-state index contributed by atoms with van der Waals surface area (Å²) in [6, 6.07) is 16.7. The van der Waals surface area contributed by atoms with Crippen molar-refractivity contribution in [3.8, 4) is 0 Å². The van der Waals surface area contributed by atoms with Gasteiger partial charge in [-0.25, -0.2) is 4.79 Å². The van der Waals surface area contributed by atoms with Crippen LogP contribution in [0.3, 0.4) is 0 Å². The summed E-state index contributed by atoms with van der Waals surface area (Å²) in [5.74, 6) is -0.743. The fourth-order valence-corrected chi connectivity index (χ4v) is 2.65. The number of nitrogens with one attached hydrogen (secondary N) is 2. The molecule has 2 aromatic carbocycles. The summed E-state index contributed by atoms with van der Waals surface area (Å²) >= 11 is 0. The SMILES string of the molecule is CC(=O)N/C(=C\c1ccccc1)C(=O)OCc1nc(N)nc(Nc2ccccc2C)n1. The number of ether oxygens (including phenoxy) is 1. The summed E-state index contributed by atoms with van der Waals surface area (Å²) in [7, 11) is 0. The second-order valence-corrected chi connectivity index (χ2v) is 6.60. The Bertz CT molecular complexity index is 1120. The molecule has 31 heavy (non-hydrogen) atoms. The van der Waals surface area contributed by atoms with Crippen LogP contribution in [0.5, 0.6) is 0 Å². The van der Waals surface area contributed by atoms with E-state index in [9.17, 15) is 9.59 Å². The number of hydrogen-bond donors (Lipinski definition) is 3. The number of rotatable bonds is 7. The van der Waals surface area contributed by atoms with Crippen LogP contribution in [-0.4, -0.2) is 26.8 Å². The number of nitrogens with two attached hydrogens (primary N) is 1. The van der Waals surface area contributed by atoms with E-state index in [4.69, 9.17) is 10.5 Å². The van der Waals surface area contributed by atoms with Crippen LogP contribution < -0.4 is 16.4 Å². The number of carbonyl (C=O) groups is 2. The molecule has 3 rings (SSSR count). The van der Waals surface area contributed by atoms with Gasteiger partial charge >= 0.3 is 5.97 Å². The topological polar surface area (TPSA) is 132 Å². The Labute approximate surface area is 179 Å². The van der Waals surface area contributed by atoms with Gasteiger partial charge in [-0.1, -0.05) is 48.5 Å². The smallest absolute Gasteiger partial charge is 0.355 e. The molecule has 0 aliphatic heterocycles. The molecule has 1 amide bonds. The van der Waals surface area contributed by atoms with Crippen LogP contribution in [0.15, 0.2) is 60.3 Å². The molecule has 0 spiro atoms. The van der Waals surface area contributed by atoms with Gasteiger partial charge in [0, 0.05) is 12.6 Å². The van der Waals surface area contributed by atoms with Gasteiger partial charge in [0.05, 0.1) is 0 Å². The van der Waals surface area contributed by atoms with Crippen LogP contribution in [-0.2, 0) is 20.9 Å². The Morgan fingerprint density at radius 3 is 2.45 bits per heavy atom. The molecule has 4 N–H and O–H groups in total.